The van der Waals surface area contributed by atoms with Gasteiger partial charge in [0, 0.05) is 12.0 Å². The van der Waals surface area contributed by atoms with Crippen molar-refractivity contribution in [2.45, 2.75) is 38.9 Å². The Balaban J connectivity index is 2.72. The van der Waals surface area contributed by atoms with Crippen LogP contribution in [0.4, 0.5) is 0 Å². The van der Waals surface area contributed by atoms with Crippen LogP contribution in [0.5, 0.6) is 5.75 Å². The van der Waals surface area contributed by atoms with Gasteiger partial charge in [-0.15, -0.1) is 0 Å². The van der Waals surface area contributed by atoms with Crippen LogP contribution in [0.1, 0.15) is 59.0 Å². The Kier molecular flexibility index (Phi) is 2.93. The van der Waals surface area contributed by atoms with E-state index in [0.717, 1.165) is 0 Å². The quantitative estimate of drug-likeness (QED) is 0.694. The van der Waals surface area contributed by atoms with Gasteiger partial charge in [0.15, 0.2) is 5.78 Å². The summed E-state index contributed by atoms with van der Waals surface area (Å²) >= 11 is 0. The van der Waals surface area contributed by atoms with Crippen LogP contribution < -0.4 is 0 Å². The average molecular weight is 236 g/mol. The van der Waals surface area contributed by atoms with Gasteiger partial charge < -0.3 is 15.3 Å². The highest BCUT2D eigenvalue weighted by Gasteiger charge is 2.30. The van der Waals surface area contributed by atoms with Crippen LogP contribution in [0.3, 0.4) is 0 Å². The molecule has 0 saturated carbocycles. The minimum atomic E-state index is -0.841. The summed E-state index contributed by atoms with van der Waals surface area (Å²) in [6.07, 6.45) is -0.939. The van der Waals surface area contributed by atoms with Crippen molar-refractivity contribution in [2.75, 3.05) is 0 Å². The monoisotopic (exact) mass is 236 g/mol. The molecule has 1 aromatic carbocycles. The maximum absolute atomic E-state index is 11.8. The van der Waals surface area contributed by atoms with Crippen molar-refractivity contribution >= 4 is 5.78 Å². The summed E-state index contributed by atoms with van der Waals surface area (Å²) in [6, 6.07) is 1.68. The van der Waals surface area contributed by atoms with Gasteiger partial charge in [0.2, 0.25) is 0 Å². The number of aliphatic hydroxyl groups excluding tert-OH is 2. The van der Waals surface area contributed by atoms with E-state index in [-0.39, 0.29) is 23.5 Å². The van der Waals surface area contributed by atoms with Gasteiger partial charge in [-0.2, -0.15) is 0 Å². The lowest BCUT2D eigenvalue weighted by molar-refractivity contribution is 0.0891. The largest absolute Gasteiger partial charge is 0.507 e. The SMILES string of the molecule is Cc1cc2c(c(O)c1[C@H](C)O)C(=O)CC[C@@H]2O. The summed E-state index contributed by atoms with van der Waals surface area (Å²) < 4.78 is 0. The number of aryl methyl sites for hydroxylation is 1. The third-order valence-electron chi connectivity index (χ3n) is 3.28. The molecule has 0 aromatic heterocycles. The number of ketones is 1. The maximum atomic E-state index is 11.8. The first kappa shape index (κ1) is 12.1. The number of benzene rings is 1. The first-order valence-corrected chi connectivity index (χ1v) is 5.69. The molecule has 0 fully saturated rings. The van der Waals surface area contributed by atoms with Crippen molar-refractivity contribution in [2.24, 2.45) is 0 Å². The zero-order valence-electron chi connectivity index (χ0n) is 9.90. The molecule has 92 valence electrons. The minimum absolute atomic E-state index is 0.172. The van der Waals surface area contributed by atoms with E-state index in [2.05, 4.69) is 0 Å². The van der Waals surface area contributed by atoms with Crippen LogP contribution >= 0.6 is 0 Å². The lowest BCUT2D eigenvalue weighted by Crippen LogP contribution is -2.17. The Labute approximate surface area is 99.5 Å². The number of rotatable bonds is 1. The van der Waals surface area contributed by atoms with Crippen LogP contribution in [-0.2, 0) is 0 Å². The van der Waals surface area contributed by atoms with Crippen LogP contribution in [0, 0.1) is 6.92 Å². The van der Waals surface area contributed by atoms with Gasteiger partial charge >= 0.3 is 0 Å². The molecule has 0 heterocycles. The molecule has 0 unspecified atom stereocenters. The standard InChI is InChI=1S/C13H16O4/c1-6-5-8-9(15)3-4-10(16)12(8)13(17)11(6)7(2)14/h5,7,9,14-15,17H,3-4H2,1-2H3/t7-,9-/m0/s1. The lowest BCUT2D eigenvalue weighted by atomic mass is 9.84. The molecule has 2 atom stereocenters. The molecule has 2 rings (SSSR count). The molecule has 1 aromatic rings. The summed E-state index contributed by atoms with van der Waals surface area (Å²) in [4.78, 5) is 11.8. The van der Waals surface area contributed by atoms with E-state index < -0.39 is 12.2 Å². The Morgan fingerprint density at radius 1 is 1.47 bits per heavy atom. The highest BCUT2D eigenvalue weighted by molar-refractivity contribution is 6.01. The number of aliphatic hydroxyl groups is 2. The maximum Gasteiger partial charge on any atom is 0.167 e. The molecule has 0 bridgehead atoms. The number of hydrogen-bond donors (Lipinski definition) is 3. The van der Waals surface area contributed by atoms with Crippen molar-refractivity contribution < 1.29 is 20.1 Å². The molecule has 17 heavy (non-hydrogen) atoms. The number of aromatic hydroxyl groups is 1. The van der Waals surface area contributed by atoms with Gasteiger partial charge in [-0.3, -0.25) is 4.79 Å². The molecule has 0 saturated heterocycles. The minimum Gasteiger partial charge on any atom is -0.507 e. The average Bonchev–Trinajstić information content (AvgIpc) is 2.22. The van der Waals surface area contributed by atoms with Crippen molar-refractivity contribution in [1.29, 1.82) is 0 Å². The summed E-state index contributed by atoms with van der Waals surface area (Å²) in [7, 11) is 0. The van der Waals surface area contributed by atoms with Crippen LogP contribution in [-0.4, -0.2) is 21.1 Å². The Hall–Kier alpha value is -1.39. The summed E-state index contributed by atoms with van der Waals surface area (Å²) in [5.74, 6) is -0.358. The molecule has 0 radical (unpaired) electrons. The first-order chi connectivity index (χ1) is 7.93. The normalized spacial score (nSPS) is 21.2. The number of Topliss-reactive ketones (excluding diaryl/α,β-unsaturated/α-hetero) is 1. The van der Waals surface area contributed by atoms with Gasteiger partial charge in [0.1, 0.15) is 5.75 Å². The van der Waals surface area contributed by atoms with E-state index in [4.69, 9.17) is 0 Å². The molecule has 1 aliphatic rings. The topological polar surface area (TPSA) is 77.8 Å². The van der Waals surface area contributed by atoms with E-state index in [0.29, 0.717) is 23.1 Å². The second kappa shape index (κ2) is 4.13. The van der Waals surface area contributed by atoms with Crippen LogP contribution in [0.25, 0.3) is 0 Å². The van der Waals surface area contributed by atoms with Gasteiger partial charge in [0.25, 0.3) is 0 Å². The Morgan fingerprint density at radius 3 is 2.71 bits per heavy atom. The zero-order chi connectivity index (χ0) is 12.7. The number of hydrogen-bond acceptors (Lipinski definition) is 4. The van der Waals surface area contributed by atoms with Crippen molar-refractivity contribution in [3.8, 4) is 5.75 Å². The fourth-order valence-electron chi connectivity index (χ4n) is 2.47. The lowest BCUT2D eigenvalue weighted by Gasteiger charge is -2.24. The van der Waals surface area contributed by atoms with E-state index in [9.17, 15) is 20.1 Å². The van der Waals surface area contributed by atoms with Crippen molar-refractivity contribution in [3.63, 3.8) is 0 Å². The summed E-state index contributed by atoms with van der Waals surface area (Å²) in [5.41, 5.74) is 1.70. The second-order valence-corrected chi connectivity index (χ2v) is 4.57. The predicted octanol–water partition coefficient (Wildman–Crippen LogP) is 1.76. The third-order valence-corrected chi connectivity index (χ3v) is 3.28. The molecule has 0 aliphatic heterocycles. The van der Waals surface area contributed by atoms with Gasteiger partial charge in [-0.05, 0) is 31.4 Å². The molecule has 4 heteroatoms. The predicted molar refractivity (Wildman–Crippen MR) is 62.0 cm³/mol. The fourth-order valence-corrected chi connectivity index (χ4v) is 2.47. The van der Waals surface area contributed by atoms with Crippen molar-refractivity contribution in [3.05, 3.63) is 28.3 Å². The molecule has 1 aliphatic carbocycles. The van der Waals surface area contributed by atoms with Gasteiger partial charge in [-0.25, -0.2) is 0 Å². The van der Waals surface area contributed by atoms with Gasteiger partial charge in [0.05, 0.1) is 17.8 Å². The molecule has 0 amide bonds. The molecule has 3 N–H and O–H groups in total. The third kappa shape index (κ3) is 1.83. The van der Waals surface area contributed by atoms with Crippen LogP contribution in [0.15, 0.2) is 6.07 Å². The Morgan fingerprint density at radius 2 is 2.12 bits per heavy atom. The molecule has 4 nitrogen and oxygen atoms in total. The number of fused-ring (bicyclic) bond motifs is 1. The number of phenols is 1. The summed E-state index contributed by atoms with van der Waals surface area (Å²) in [5, 5.41) is 29.5. The van der Waals surface area contributed by atoms with E-state index in [1.54, 1.807) is 13.0 Å². The fraction of sp³-hybridized carbons (Fsp3) is 0.462. The molecule has 0 spiro atoms. The highest BCUT2D eigenvalue weighted by atomic mass is 16.3. The number of phenolic OH excluding ortho intramolecular Hbond substituents is 1. The zero-order valence-corrected chi connectivity index (χ0v) is 9.90. The van der Waals surface area contributed by atoms with E-state index in [1.807, 2.05) is 0 Å². The Bertz CT molecular complexity index is 477. The van der Waals surface area contributed by atoms with Crippen LogP contribution in [0.2, 0.25) is 0 Å². The van der Waals surface area contributed by atoms with E-state index >= 15 is 0 Å². The van der Waals surface area contributed by atoms with Gasteiger partial charge in [-0.1, -0.05) is 6.07 Å². The highest BCUT2D eigenvalue weighted by Crippen LogP contribution is 2.40. The summed E-state index contributed by atoms with van der Waals surface area (Å²) in [6.45, 7) is 3.28. The van der Waals surface area contributed by atoms with Crippen molar-refractivity contribution in [1.82, 2.24) is 0 Å². The number of carbonyl (C=O) groups excluding carboxylic acids is 1. The molecular formula is C13H16O4. The second-order valence-electron chi connectivity index (χ2n) is 4.57. The first-order valence-electron chi connectivity index (χ1n) is 5.69. The molecular weight excluding hydrogens is 220 g/mol. The van der Waals surface area contributed by atoms with E-state index in [1.165, 1.54) is 6.92 Å². The number of carbonyl (C=O) groups is 1. The smallest absolute Gasteiger partial charge is 0.167 e.